The van der Waals surface area contributed by atoms with Gasteiger partial charge >= 0.3 is 6.18 Å². The van der Waals surface area contributed by atoms with Crippen molar-refractivity contribution in [2.24, 2.45) is 0 Å². The smallest absolute Gasteiger partial charge is 0.296 e. The molecule has 0 aromatic heterocycles. The minimum Gasteiger partial charge on any atom is -0.296 e. The molecule has 0 saturated heterocycles. The molecule has 2 aromatic rings. The Labute approximate surface area is 120 Å². The standard InChI is InChI=1S/C16H15F4N/c1-11(12-7-9-14(17)10-8-12)21-15(16(18,19)20)13-5-3-2-4-6-13/h2-11,15,21H,1H3/t11-,15?/m1/s1. The Morgan fingerprint density at radius 2 is 1.43 bits per heavy atom. The van der Waals surface area contributed by atoms with Crippen molar-refractivity contribution in [3.8, 4) is 0 Å². The Morgan fingerprint density at radius 3 is 1.95 bits per heavy atom. The molecule has 1 unspecified atom stereocenters. The van der Waals surface area contributed by atoms with Crippen LogP contribution in [0.1, 0.15) is 30.1 Å². The van der Waals surface area contributed by atoms with Gasteiger partial charge in [0, 0.05) is 6.04 Å². The summed E-state index contributed by atoms with van der Waals surface area (Å²) in [6.45, 7) is 1.62. The molecule has 1 nitrogen and oxygen atoms in total. The van der Waals surface area contributed by atoms with Crippen LogP contribution >= 0.6 is 0 Å². The van der Waals surface area contributed by atoms with Crippen LogP contribution in [0.4, 0.5) is 17.6 Å². The number of alkyl halides is 3. The zero-order valence-electron chi connectivity index (χ0n) is 11.4. The van der Waals surface area contributed by atoms with E-state index in [2.05, 4.69) is 5.32 Å². The molecule has 0 aliphatic rings. The number of hydrogen-bond donors (Lipinski definition) is 1. The van der Waals surface area contributed by atoms with E-state index in [1.807, 2.05) is 0 Å². The van der Waals surface area contributed by atoms with Gasteiger partial charge in [0.15, 0.2) is 0 Å². The summed E-state index contributed by atoms with van der Waals surface area (Å²) in [6.07, 6.45) is -4.41. The van der Waals surface area contributed by atoms with E-state index >= 15 is 0 Å². The molecule has 2 aromatic carbocycles. The van der Waals surface area contributed by atoms with Crippen molar-refractivity contribution >= 4 is 0 Å². The van der Waals surface area contributed by atoms with Crippen molar-refractivity contribution in [1.82, 2.24) is 5.32 Å². The van der Waals surface area contributed by atoms with Crippen LogP contribution in [0.15, 0.2) is 54.6 Å². The van der Waals surface area contributed by atoms with Gasteiger partial charge in [-0.1, -0.05) is 42.5 Å². The summed E-state index contributed by atoms with van der Waals surface area (Å²) in [5.74, 6) is -0.415. The molecule has 0 radical (unpaired) electrons. The van der Waals surface area contributed by atoms with Crippen LogP contribution in [0.5, 0.6) is 0 Å². The molecule has 21 heavy (non-hydrogen) atoms. The molecule has 0 fully saturated rings. The normalized spacial score (nSPS) is 14.7. The first-order chi connectivity index (χ1) is 9.88. The van der Waals surface area contributed by atoms with E-state index in [0.717, 1.165) is 0 Å². The third-order valence-electron chi connectivity index (χ3n) is 3.25. The average molecular weight is 297 g/mol. The molecule has 2 rings (SSSR count). The molecule has 112 valence electrons. The molecule has 0 aliphatic carbocycles. The molecule has 0 saturated carbocycles. The summed E-state index contributed by atoms with van der Waals surface area (Å²) < 4.78 is 52.5. The Bertz CT molecular complexity index is 563. The summed E-state index contributed by atoms with van der Waals surface area (Å²) in [5.41, 5.74) is 0.751. The van der Waals surface area contributed by atoms with Gasteiger partial charge in [-0.05, 0) is 30.2 Å². The fourth-order valence-corrected chi connectivity index (χ4v) is 2.12. The monoisotopic (exact) mass is 297 g/mol. The van der Waals surface area contributed by atoms with Crippen molar-refractivity contribution in [2.75, 3.05) is 0 Å². The van der Waals surface area contributed by atoms with Gasteiger partial charge in [-0.2, -0.15) is 13.2 Å². The Kier molecular flexibility index (Phi) is 4.63. The predicted molar refractivity (Wildman–Crippen MR) is 73.2 cm³/mol. The summed E-state index contributed by atoms with van der Waals surface area (Å²) in [4.78, 5) is 0. The van der Waals surface area contributed by atoms with Gasteiger partial charge in [0.25, 0.3) is 0 Å². The fourth-order valence-electron chi connectivity index (χ4n) is 2.12. The lowest BCUT2D eigenvalue weighted by Gasteiger charge is -2.26. The Balaban J connectivity index is 2.21. The number of nitrogens with one attached hydrogen (secondary N) is 1. The highest BCUT2D eigenvalue weighted by Crippen LogP contribution is 2.34. The molecule has 5 heteroatoms. The maximum Gasteiger partial charge on any atom is 0.407 e. The van der Waals surface area contributed by atoms with Crippen molar-refractivity contribution in [3.63, 3.8) is 0 Å². The van der Waals surface area contributed by atoms with Gasteiger partial charge in [0.05, 0.1) is 0 Å². The summed E-state index contributed by atoms with van der Waals surface area (Å²) in [5, 5.41) is 2.56. The second kappa shape index (κ2) is 6.26. The molecule has 0 heterocycles. The van der Waals surface area contributed by atoms with Crippen LogP contribution in [0.3, 0.4) is 0 Å². The third-order valence-corrected chi connectivity index (χ3v) is 3.25. The van der Waals surface area contributed by atoms with Crippen LogP contribution in [-0.2, 0) is 0 Å². The highest BCUT2D eigenvalue weighted by molar-refractivity contribution is 5.23. The minimum atomic E-state index is -4.41. The number of halogens is 4. The molecule has 2 atom stereocenters. The van der Waals surface area contributed by atoms with E-state index in [-0.39, 0.29) is 5.56 Å². The fraction of sp³-hybridized carbons (Fsp3) is 0.250. The van der Waals surface area contributed by atoms with Gasteiger partial charge in [-0.3, -0.25) is 5.32 Å². The quantitative estimate of drug-likeness (QED) is 0.801. The zero-order chi connectivity index (χ0) is 15.5. The van der Waals surface area contributed by atoms with E-state index in [4.69, 9.17) is 0 Å². The summed E-state index contributed by atoms with van der Waals surface area (Å²) in [7, 11) is 0. The first kappa shape index (κ1) is 15.5. The maximum absolute atomic E-state index is 13.2. The van der Waals surface area contributed by atoms with Crippen LogP contribution in [0, 0.1) is 5.82 Å². The summed E-state index contributed by atoms with van der Waals surface area (Å²) in [6, 6.07) is 10.8. The van der Waals surface area contributed by atoms with E-state index in [0.29, 0.717) is 5.56 Å². The number of benzene rings is 2. The van der Waals surface area contributed by atoms with E-state index in [9.17, 15) is 17.6 Å². The summed E-state index contributed by atoms with van der Waals surface area (Å²) >= 11 is 0. The van der Waals surface area contributed by atoms with Gasteiger partial charge in [-0.25, -0.2) is 4.39 Å². The average Bonchev–Trinajstić information content (AvgIpc) is 2.45. The van der Waals surface area contributed by atoms with Crippen molar-refractivity contribution < 1.29 is 17.6 Å². The van der Waals surface area contributed by atoms with Crippen molar-refractivity contribution in [2.45, 2.75) is 25.2 Å². The van der Waals surface area contributed by atoms with Crippen LogP contribution < -0.4 is 5.32 Å². The van der Waals surface area contributed by atoms with Gasteiger partial charge in [0.2, 0.25) is 0 Å². The molecular weight excluding hydrogens is 282 g/mol. The van der Waals surface area contributed by atoms with Gasteiger partial charge < -0.3 is 0 Å². The lowest BCUT2D eigenvalue weighted by molar-refractivity contribution is -0.159. The Hall–Kier alpha value is -1.88. The molecule has 1 N–H and O–H groups in total. The van der Waals surface area contributed by atoms with Crippen LogP contribution in [0.25, 0.3) is 0 Å². The van der Waals surface area contributed by atoms with Gasteiger partial charge in [0.1, 0.15) is 11.9 Å². The second-order valence-electron chi connectivity index (χ2n) is 4.83. The highest BCUT2D eigenvalue weighted by atomic mass is 19.4. The highest BCUT2D eigenvalue weighted by Gasteiger charge is 2.41. The SMILES string of the molecule is C[C@@H](NC(c1ccccc1)C(F)(F)F)c1ccc(F)cc1. The van der Waals surface area contributed by atoms with Crippen molar-refractivity contribution in [3.05, 3.63) is 71.5 Å². The number of rotatable bonds is 4. The second-order valence-corrected chi connectivity index (χ2v) is 4.83. The van der Waals surface area contributed by atoms with Gasteiger partial charge in [-0.15, -0.1) is 0 Å². The lowest BCUT2D eigenvalue weighted by atomic mass is 10.0. The topological polar surface area (TPSA) is 12.0 Å². The van der Waals surface area contributed by atoms with Crippen LogP contribution in [0.2, 0.25) is 0 Å². The number of hydrogen-bond acceptors (Lipinski definition) is 1. The molecule has 0 aliphatic heterocycles. The van der Waals surface area contributed by atoms with Crippen molar-refractivity contribution in [1.29, 1.82) is 0 Å². The largest absolute Gasteiger partial charge is 0.407 e. The van der Waals surface area contributed by atoms with E-state index in [1.54, 1.807) is 25.1 Å². The first-order valence-corrected chi connectivity index (χ1v) is 6.51. The van der Waals surface area contributed by atoms with E-state index in [1.165, 1.54) is 36.4 Å². The minimum absolute atomic E-state index is 0.152. The molecule has 0 spiro atoms. The maximum atomic E-state index is 13.2. The van der Waals surface area contributed by atoms with Crippen LogP contribution in [-0.4, -0.2) is 6.18 Å². The lowest BCUT2D eigenvalue weighted by Crippen LogP contribution is -2.35. The van der Waals surface area contributed by atoms with E-state index < -0.39 is 24.1 Å². The first-order valence-electron chi connectivity index (χ1n) is 6.51. The molecule has 0 amide bonds. The third kappa shape index (κ3) is 4.04. The Morgan fingerprint density at radius 1 is 0.857 bits per heavy atom. The predicted octanol–water partition coefficient (Wildman–Crippen LogP) is 4.78. The molecular formula is C16H15F4N. The zero-order valence-corrected chi connectivity index (χ0v) is 11.4. The molecule has 0 bridgehead atoms.